The monoisotopic (exact) mass is 200 g/mol. The van der Waals surface area contributed by atoms with Crippen LogP contribution in [0.2, 0.25) is 0 Å². The third kappa shape index (κ3) is 2.07. The van der Waals surface area contributed by atoms with Crippen LogP contribution in [-0.2, 0) is 0 Å². The van der Waals surface area contributed by atoms with Crippen LogP contribution in [0.1, 0.15) is 0 Å². The number of hydrogen-bond donors (Lipinski definition) is 1. The van der Waals surface area contributed by atoms with Crippen LogP contribution in [0, 0.1) is 0 Å². The number of aromatic hydroxyl groups is 1. The number of pyridine rings is 1. The van der Waals surface area contributed by atoms with E-state index in [1.54, 1.807) is 24.5 Å². The van der Waals surface area contributed by atoms with E-state index in [1.807, 2.05) is 36.2 Å². The molecule has 0 saturated carbocycles. The van der Waals surface area contributed by atoms with Gasteiger partial charge in [0.1, 0.15) is 5.75 Å². The van der Waals surface area contributed by atoms with Gasteiger partial charge in [-0.2, -0.15) is 0 Å². The van der Waals surface area contributed by atoms with E-state index in [1.165, 1.54) is 0 Å². The number of aromatic nitrogens is 1. The first-order chi connectivity index (χ1) is 7.27. The molecule has 3 nitrogen and oxygen atoms in total. The van der Waals surface area contributed by atoms with Gasteiger partial charge in [-0.3, -0.25) is 4.98 Å². The zero-order chi connectivity index (χ0) is 10.7. The lowest BCUT2D eigenvalue weighted by atomic mass is 10.2. The zero-order valence-electron chi connectivity index (χ0n) is 8.46. The second kappa shape index (κ2) is 4.00. The molecule has 1 heterocycles. The molecular weight excluding hydrogens is 188 g/mol. The van der Waals surface area contributed by atoms with E-state index < -0.39 is 0 Å². The molecule has 0 fully saturated rings. The first kappa shape index (κ1) is 9.52. The maximum absolute atomic E-state index is 9.37. The smallest absolute Gasteiger partial charge is 0.117 e. The van der Waals surface area contributed by atoms with Crippen molar-refractivity contribution in [2.75, 3.05) is 11.9 Å². The summed E-state index contributed by atoms with van der Waals surface area (Å²) in [5.41, 5.74) is 1.92. The van der Waals surface area contributed by atoms with Crippen molar-refractivity contribution < 1.29 is 5.11 Å². The van der Waals surface area contributed by atoms with Crippen molar-refractivity contribution >= 4 is 11.4 Å². The minimum atomic E-state index is 0.267. The lowest BCUT2D eigenvalue weighted by Crippen LogP contribution is -2.09. The highest BCUT2D eigenvalue weighted by molar-refractivity contribution is 5.62. The van der Waals surface area contributed by atoms with Gasteiger partial charge in [0.25, 0.3) is 0 Å². The number of nitrogens with zero attached hydrogens (tertiary/aromatic N) is 2. The molecule has 0 atom stereocenters. The van der Waals surface area contributed by atoms with Crippen LogP contribution in [0.15, 0.2) is 48.8 Å². The highest BCUT2D eigenvalue weighted by Gasteiger charge is 2.03. The second-order valence-corrected chi connectivity index (χ2v) is 3.29. The number of phenolic OH excluding ortho intramolecular Hbond substituents is 1. The van der Waals surface area contributed by atoms with Gasteiger partial charge >= 0.3 is 0 Å². The number of rotatable bonds is 2. The van der Waals surface area contributed by atoms with E-state index in [9.17, 15) is 5.11 Å². The molecule has 0 spiro atoms. The predicted octanol–water partition coefficient (Wildman–Crippen LogP) is 2.56. The Hall–Kier alpha value is -2.03. The largest absolute Gasteiger partial charge is 0.508 e. The fraction of sp³-hybridized carbons (Fsp3) is 0.0833. The molecule has 0 aliphatic heterocycles. The first-order valence-corrected chi connectivity index (χ1v) is 4.70. The fourth-order valence-corrected chi connectivity index (χ4v) is 1.40. The lowest BCUT2D eigenvalue weighted by Gasteiger charge is -2.18. The molecule has 1 aromatic heterocycles. The standard InChI is InChI=1S/C12H12N2O/c1-14(11-5-3-7-13-9-11)10-4-2-6-12(15)8-10/h2-9,15H,1H3. The summed E-state index contributed by atoms with van der Waals surface area (Å²) in [5, 5.41) is 9.37. The molecule has 0 amide bonds. The van der Waals surface area contributed by atoms with Crippen molar-refractivity contribution in [2.24, 2.45) is 0 Å². The van der Waals surface area contributed by atoms with Gasteiger partial charge in [0.15, 0.2) is 0 Å². The minimum absolute atomic E-state index is 0.267. The van der Waals surface area contributed by atoms with Crippen molar-refractivity contribution in [3.63, 3.8) is 0 Å². The van der Waals surface area contributed by atoms with Gasteiger partial charge in [-0.25, -0.2) is 0 Å². The molecule has 15 heavy (non-hydrogen) atoms. The van der Waals surface area contributed by atoms with Crippen LogP contribution in [0.4, 0.5) is 11.4 Å². The molecule has 0 saturated heterocycles. The number of benzene rings is 1. The number of anilines is 2. The van der Waals surface area contributed by atoms with Gasteiger partial charge in [0.2, 0.25) is 0 Å². The van der Waals surface area contributed by atoms with Crippen molar-refractivity contribution in [2.45, 2.75) is 0 Å². The third-order valence-electron chi connectivity index (χ3n) is 2.25. The molecule has 0 aliphatic carbocycles. The first-order valence-electron chi connectivity index (χ1n) is 4.70. The molecule has 76 valence electrons. The molecule has 0 radical (unpaired) electrons. The Balaban J connectivity index is 2.32. The molecule has 0 aliphatic rings. The molecule has 0 bridgehead atoms. The minimum Gasteiger partial charge on any atom is -0.508 e. The lowest BCUT2D eigenvalue weighted by molar-refractivity contribution is 0.475. The quantitative estimate of drug-likeness (QED) is 0.809. The molecule has 2 rings (SSSR count). The normalized spacial score (nSPS) is 9.93. The topological polar surface area (TPSA) is 36.4 Å². The van der Waals surface area contributed by atoms with Crippen LogP contribution in [0.3, 0.4) is 0 Å². The summed E-state index contributed by atoms with van der Waals surface area (Å²) in [5.74, 6) is 0.267. The van der Waals surface area contributed by atoms with E-state index in [2.05, 4.69) is 4.98 Å². The van der Waals surface area contributed by atoms with Crippen molar-refractivity contribution in [3.8, 4) is 5.75 Å². The van der Waals surface area contributed by atoms with Crippen LogP contribution >= 0.6 is 0 Å². The van der Waals surface area contributed by atoms with E-state index in [4.69, 9.17) is 0 Å². The molecule has 0 unspecified atom stereocenters. The fourth-order valence-electron chi connectivity index (χ4n) is 1.40. The molecular formula is C12H12N2O. The predicted molar refractivity (Wildman–Crippen MR) is 60.4 cm³/mol. The summed E-state index contributed by atoms with van der Waals surface area (Å²) in [6.07, 6.45) is 3.52. The summed E-state index contributed by atoms with van der Waals surface area (Å²) in [6.45, 7) is 0. The van der Waals surface area contributed by atoms with Crippen LogP contribution < -0.4 is 4.90 Å². The van der Waals surface area contributed by atoms with E-state index in [-0.39, 0.29) is 5.75 Å². The number of phenols is 1. The van der Waals surface area contributed by atoms with Crippen LogP contribution in [0.25, 0.3) is 0 Å². The third-order valence-corrected chi connectivity index (χ3v) is 2.25. The van der Waals surface area contributed by atoms with Gasteiger partial charge in [-0.1, -0.05) is 6.07 Å². The summed E-state index contributed by atoms with van der Waals surface area (Å²) >= 11 is 0. The van der Waals surface area contributed by atoms with Gasteiger partial charge < -0.3 is 10.0 Å². The van der Waals surface area contributed by atoms with Crippen LogP contribution in [-0.4, -0.2) is 17.1 Å². The van der Waals surface area contributed by atoms with E-state index >= 15 is 0 Å². The Kier molecular flexibility index (Phi) is 2.54. The Morgan fingerprint density at radius 2 is 1.93 bits per heavy atom. The average molecular weight is 200 g/mol. The van der Waals surface area contributed by atoms with Crippen molar-refractivity contribution in [1.29, 1.82) is 0 Å². The van der Waals surface area contributed by atoms with E-state index in [0.717, 1.165) is 11.4 Å². The maximum Gasteiger partial charge on any atom is 0.117 e. The SMILES string of the molecule is CN(c1cccnc1)c1cccc(O)c1. The Morgan fingerprint density at radius 1 is 1.13 bits per heavy atom. The highest BCUT2D eigenvalue weighted by atomic mass is 16.3. The Bertz CT molecular complexity index is 442. The van der Waals surface area contributed by atoms with Crippen LogP contribution in [0.5, 0.6) is 5.75 Å². The molecule has 2 aromatic rings. The van der Waals surface area contributed by atoms with Gasteiger partial charge in [0.05, 0.1) is 11.9 Å². The maximum atomic E-state index is 9.37. The number of hydrogen-bond acceptors (Lipinski definition) is 3. The highest BCUT2D eigenvalue weighted by Crippen LogP contribution is 2.25. The molecule has 1 aromatic carbocycles. The van der Waals surface area contributed by atoms with Crippen molar-refractivity contribution in [3.05, 3.63) is 48.8 Å². The van der Waals surface area contributed by atoms with Crippen molar-refractivity contribution in [1.82, 2.24) is 4.98 Å². The van der Waals surface area contributed by atoms with Gasteiger partial charge in [0, 0.05) is 25.0 Å². The average Bonchev–Trinajstić information content (AvgIpc) is 2.29. The summed E-state index contributed by atoms with van der Waals surface area (Å²) in [6, 6.07) is 11.0. The Labute approximate surface area is 88.6 Å². The molecule has 1 N–H and O–H groups in total. The summed E-state index contributed by atoms with van der Waals surface area (Å²) in [4.78, 5) is 6.01. The molecule has 3 heteroatoms. The Morgan fingerprint density at radius 3 is 2.60 bits per heavy atom. The van der Waals surface area contributed by atoms with Gasteiger partial charge in [-0.15, -0.1) is 0 Å². The summed E-state index contributed by atoms with van der Waals surface area (Å²) in [7, 11) is 1.94. The van der Waals surface area contributed by atoms with E-state index in [0.29, 0.717) is 0 Å². The zero-order valence-corrected chi connectivity index (χ0v) is 8.46. The summed E-state index contributed by atoms with van der Waals surface area (Å²) < 4.78 is 0. The second-order valence-electron chi connectivity index (χ2n) is 3.29. The van der Waals surface area contributed by atoms with Gasteiger partial charge in [-0.05, 0) is 24.3 Å².